The number of nitrogens with zero attached hydrogens (tertiary/aromatic N) is 4. The Labute approximate surface area is 172 Å². The second kappa shape index (κ2) is 8.42. The largest absolute Gasteiger partial charge is 0.397 e. The van der Waals surface area contributed by atoms with Crippen LogP contribution in [0.2, 0.25) is 0 Å². The Bertz CT molecular complexity index is 1080. The summed E-state index contributed by atoms with van der Waals surface area (Å²) in [5.41, 5.74) is 7.56. The molecule has 1 atom stereocenters. The van der Waals surface area contributed by atoms with Crippen LogP contribution in [-0.4, -0.2) is 45.2 Å². The zero-order chi connectivity index (χ0) is 21.1. The Morgan fingerprint density at radius 3 is 2.93 bits per heavy atom. The third kappa shape index (κ3) is 4.06. The number of hydrogen-bond acceptors (Lipinski definition) is 7. The molecule has 0 saturated carbocycles. The highest BCUT2D eigenvalue weighted by atomic mass is 19.1. The predicted molar refractivity (Wildman–Crippen MR) is 111 cm³/mol. The van der Waals surface area contributed by atoms with E-state index in [1.165, 1.54) is 36.7 Å². The van der Waals surface area contributed by atoms with Gasteiger partial charge in [-0.25, -0.2) is 9.37 Å². The molecule has 30 heavy (non-hydrogen) atoms. The fraction of sp³-hybridized carbons (Fsp3) is 0.238. The van der Waals surface area contributed by atoms with Gasteiger partial charge in [0.2, 0.25) is 0 Å². The van der Waals surface area contributed by atoms with E-state index in [0.717, 1.165) is 25.1 Å². The fourth-order valence-electron chi connectivity index (χ4n) is 3.47. The van der Waals surface area contributed by atoms with Crippen molar-refractivity contribution < 1.29 is 14.3 Å². The van der Waals surface area contributed by atoms with Crippen LogP contribution in [0.25, 0.3) is 11.4 Å². The summed E-state index contributed by atoms with van der Waals surface area (Å²) in [7, 11) is 0. The van der Waals surface area contributed by atoms with Gasteiger partial charge in [0, 0.05) is 25.5 Å². The Kier molecular flexibility index (Phi) is 5.53. The molecule has 4 N–H and O–H groups in total. The van der Waals surface area contributed by atoms with E-state index in [0.29, 0.717) is 12.2 Å². The van der Waals surface area contributed by atoms with E-state index in [1.54, 1.807) is 12.3 Å². The van der Waals surface area contributed by atoms with Gasteiger partial charge in [-0.05, 0) is 43.2 Å². The van der Waals surface area contributed by atoms with Crippen LogP contribution in [-0.2, 0) is 0 Å². The van der Waals surface area contributed by atoms with Crippen molar-refractivity contribution in [3.63, 3.8) is 0 Å². The number of aliphatic hydroxyl groups excluding tert-OH is 1. The molecule has 1 aliphatic rings. The number of amides is 1. The number of nitrogen functional groups attached to an aromatic ring is 1. The molecule has 1 fully saturated rings. The summed E-state index contributed by atoms with van der Waals surface area (Å²) in [5, 5.41) is 12.8. The molecule has 1 aliphatic heterocycles. The van der Waals surface area contributed by atoms with Gasteiger partial charge >= 0.3 is 0 Å². The summed E-state index contributed by atoms with van der Waals surface area (Å²) < 4.78 is 14.1. The number of pyridine rings is 3. The lowest BCUT2D eigenvalue weighted by Crippen LogP contribution is -2.38. The quantitative estimate of drug-likeness (QED) is 0.607. The molecule has 154 valence electrons. The first-order chi connectivity index (χ1) is 14.5. The van der Waals surface area contributed by atoms with Gasteiger partial charge in [0.25, 0.3) is 5.91 Å². The van der Waals surface area contributed by atoms with Gasteiger partial charge in [-0.1, -0.05) is 0 Å². The Hall–Kier alpha value is -3.59. The fourth-order valence-corrected chi connectivity index (χ4v) is 3.47. The maximum atomic E-state index is 14.1. The molecule has 0 bridgehead atoms. The van der Waals surface area contributed by atoms with Crippen LogP contribution in [0.4, 0.5) is 21.5 Å². The number of hydrogen-bond donors (Lipinski definition) is 3. The third-order valence-corrected chi connectivity index (χ3v) is 4.93. The second-order valence-electron chi connectivity index (χ2n) is 7.06. The van der Waals surface area contributed by atoms with Crippen LogP contribution < -0.4 is 16.0 Å². The molecular weight excluding hydrogens is 387 g/mol. The number of carbonyl (C=O) groups excluding carboxylic acids is 1. The van der Waals surface area contributed by atoms with Gasteiger partial charge in [-0.3, -0.25) is 14.8 Å². The minimum Gasteiger partial charge on any atom is -0.397 e. The van der Waals surface area contributed by atoms with Crippen molar-refractivity contribution in [1.82, 2.24) is 15.0 Å². The van der Waals surface area contributed by atoms with Crippen LogP contribution in [0.5, 0.6) is 0 Å². The van der Waals surface area contributed by atoms with Gasteiger partial charge in [0.15, 0.2) is 11.5 Å². The molecule has 4 heterocycles. The summed E-state index contributed by atoms with van der Waals surface area (Å²) in [4.78, 5) is 27.3. The van der Waals surface area contributed by atoms with Crippen molar-refractivity contribution in [2.45, 2.75) is 18.9 Å². The molecule has 0 radical (unpaired) electrons. The van der Waals surface area contributed by atoms with Crippen molar-refractivity contribution in [2.75, 3.05) is 29.0 Å². The van der Waals surface area contributed by atoms with Crippen molar-refractivity contribution in [3.05, 3.63) is 60.4 Å². The van der Waals surface area contributed by atoms with Crippen molar-refractivity contribution in [3.8, 4) is 11.4 Å². The number of rotatable bonds is 4. The number of nitrogens with two attached hydrogens (primary N) is 1. The zero-order valence-corrected chi connectivity index (χ0v) is 16.1. The number of halogens is 1. The second-order valence-corrected chi connectivity index (χ2v) is 7.06. The number of β-amino-alcohol motifs (C(OH)–C–C–N with tert-alkyl or cyclic N) is 1. The van der Waals surface area contributed by atoms with Gasteiger partial charge in [-0.2, -0.15) is 0 Å². The summed E-state index contributed by atoms with van der Waals surface area (Å²) >= 11 is 0. The minimum atomic E-state index is -0.544. The predicted octanol–water partition coefficient (Wildman–Crippen LogP) is 2.47. The number of carbonyl (C=O) groups is 1. The van der Waals surface area contributed by atoms with E-state index >= 15 is 0 Å². The highest BCUT2D eigenvalue weighted by Gasteiger charge is 2.22. The summed E-state index contributed by atoms with van der Waals surface area (Å²) in [5.74, 6) is -1.09. The van der Waals surface area contributed by atoms with E-state index in [4.69, 9.17) is 5.73 Å². The summed E-state index contributed by atoms with van der Waals surface area (Å²) in [6, 6.07) is 7.54. The van der Waals surface area contributed by atoms with E-state index in [-0.39, 0.29) is 22.8 Å². The number of nitrogens with one attached hydrogen (secondary N) is 1. The monoisotopic (exact) mass is 408 g/mol. The molecule has 8 nitrogen and oxygen atoms in total. The molecule has 0 aliphatic carbocycles. The number of aliphatic hydroxyl groups is 1. The average molecular weight is 408 g/mol. The SMILES string of the molecule is Nc1ccc(-c2ncccc2F)nc1C(=O)Nc1cnccc1N1CCC[C@H](O)C1. The minimum absolute atomic E-state index is 0.0361. The standard InChI is InChI=1S/C21H21FN6O2/c22-14-4-1-8-25-19(14)16-6-5-15(23)20(26-16)21(30)27-17-11-24-9-7-18(17)28-10-2-3-13(29)12-28/h1,4-9,11,13,29H,2-3,10,12,23H2,(H,27,30)/t13-/m0/s1. The van der Waals surface area contributed by atoms with Gasteiger partial charge in [-0.15, -0.1) is 0 Å². The first kappa shape index (κ1) is 19.7. The topological polar surface area (TPSA) is 117 Å². The summed E-state index contributed by atoms with van der Waals surface area (Å²) in [6.45, 7) is 1.24. The van der Waals surface area contributed by atoms with E-state index < -0.39 is 17.8 Å². The van der Waals surface area contributed by atoms with Crippen LogP contribution in [0.1, 0.15) is 23.3 Å². The maximum Gasteiger partial charge on any atom is 0.276 e. The molecule has 3 aromatic rings. The molecule has 3 aromatic heterocycles. The zero-order valence-electron chi connectivity index (χ0n) is 16.1. The molecule has 9 heteroatoms. The third-order valence-electron chi connectivity index (χ3n) is 4.93. The smallest absolute Gasteiger partial charge is 0.276 e. The highest BCUT2D eigenvalue weighted by molar-refractivity contribution is 6.07. The Balaban J connectivity index is 1.62. The summed E-state index contributed by atoms with van der Waals surface area (Å²) in [6.07, 6.45) is 5.79. The molecule has 0 aromatic carbocycles. The first-order valence-corrected chi connectivity index (χ1v) is 9.58. The maximum absolute atomic E-state index is 14.1. The van der Waals surface area contributed by atoms with E-state index in [1.807, 2.05) is 4.90 Å². The average Bonchev–Trinajstić information content (AvgIpc) is 2.75. The number of aromatic nitrogens is 3. The van der Waals surface area contributed by atoms with Crippen LogP contribution in [0.15, 0.2) is 48.9 Å². The molecule has 0 unspecified atom stereocenters. The van der Waals surface area contributed by atoms with Gasteiger partial charge < -0.3 is 21.1 Å². The Morgan fingerprint density at radius 2 is 2.13 bits per heavy atom. The van der Waals surface area contributed by atoms with Crippen LogP contribution >= 0.6 is 0 Å². The lowest BCUT2D eigenvalue weighted by molar-refractivity contribution is 0.102. The van der Waals surface area contributed by atoms with Crippen molar-refractivity contribution in [1.29, 1.82) is 0 Å². The van der Waals surface area contributed by atoms with Gasteiger partial charge in [0.1, 0.15) is 5.69 Å². The molecule has 1 saturated heterocycles. The van der Waals surface area contributed by atoms with Crippen molar-refractivity contribution >= 4 is 23.0 Å². The van der Waals surface area contributed by atoms with Gasteiger partial charge in [0.05, 0.1) is 35.1 Å². The number of anilines is 3. The number of piperidine rings is 1. The van der Waals surface area contributed by atoms with E-state index in [9.17, 15) is 14.3 Å². The lowest BCUT2D eigenvalue weighted by atomic mass is 10.1. The van der Waals surface area contributed by atoms with Crippen molar-refractivity contribution in [2.24, 2.45) is 0 Å². The highest BCUT2D eigenvalue weighted by Crippen LogP contribution is 2.28. The Morgan fingerprint density at radius 1 is 1.27 bits per heavy atom. The first-order valence-electron chi connectivity index (χ1n) is 9.58. The van der Waals surface area contributed by atoms with Crippen LogP contribution in [0, 0.1) is 5.82 Å². The molecular formula is C21H21FN6O2. The van der Waals surface area contributed by atoms with Crippen LogP contribution in [0.3, 0.4) is 0 Å². The lowest BCUT2D eigenvalue weighted by Gasteiger charge is -2.33. The van der Waals surface area contributed by atoms with E-state index in [2.05, 4.69) is 20.3 Å². The molecule has 1 amide bonds. The normalized spacial score (nSPS) is 16.3. The molecule has 4 rings (SSSR count). The molecule has 0 spiro atoms.